The molecule has 1 heterocycles. The molecule has 1 aromatic heterocycles. The Morgan fingerprint density at radius 2 is 1.88 bits per heavy atom. The van der Waals surface area contributed by atoms with E-state index < -0.39 is 0 Å². The van der Waals surface area contributed by atoms with Crippen molar-refractivity contribution in [3.05, 3.63) is 71.0 Å². The smallest absolute Gasteiger partial charge is 0.229 e. The molecule has 7 heteroatoms. The molecule has 0 aliphatic rings. The van der Waals surface area contributed by atoms with Gasteiger partial charge in [-0.1, -0.05) is 54.0 Å². The molecule has 0 spiro atoms. The monoisotopic (exact) mass is 405 g/mol. The lowest BCUT2D eigenvalue weighted by molar-refractivity contribution is -0.119. The minimum absolute atomic E-state index is 0.0687. The van der Waals surface area contributed by atoms with Gasteiger partial charge in [-0.25, -0.2) is 0 Å². The van der Waals surface area contributed by atoms with Gasteiger partial charge in [0.25, 0.3) is 0 Å². The second-order valence-corrected chi connectivity index (χ2v) is 7.81. The van der Waals surface area contributed by atoms with Gasteiger partial charge in [-0.15, -0.1) is 0 Å². The topological polar surface area (TPSA) is 46.9 Å². The SMILES string of the molecule is CC(Cn1cc(Cl)cn1)C(=O)Nc1ccccc1Sc1ccc(Cl)cc1. The van der Waals surface area contributed by atoms with E-state index in [4.69, 9.17) is 23.2 Å². The maximum absolute atomic E-state index is 12.6. The number of nitrogens with zero attached hydrogens (tertiary/aromatic N) is 2. The highest BCUT2D eigenvalue weighted by atomic mass is 35.5. The number of aromatic nitrogens is 2. The van der Waals surface area contributed by atoms with E-state index in [1.807, 2.05) is 55.5 Å². The number of amides is 1. The maximum atomic E-state index is 12.6. The first kappa shape index (κ1) is 18.8. The summed E-state index contributed by atoms with van der Waals surface area (Å²) in [5, 5.41) is 8.38. The molecule has 0 radical (unpaired) electrons. The van der Waals surface area contributed by atoms with Crippen LogP contribution in [0.3, 0.4) is 0 Å². The van der Waals surface area contributed by atoms with Crippen LogP contribution >= 0.6 is 35.0 Å². The predicted molar refractivity (Wildman–Crippen MR) is 107 cm³/mol. The molecular weight excluding hydrogens is 389 g/mol. The van der Waals surface area contributed by atoms with Crippen LogP contribution in [0.5, 0.6) is 0 Å². The van der Waals surface area contributed by atoms with Crippen molar-refractivity contribution in [1.82, 2.24) is 9.78 Å². The lowest BCUT2D eigenvalue weighted by Crippen LogP contribution is -2.24. The van der Waals surface area contributed by atoms with Gasteiger partial charge in [0.15, 0.2) is 0 Å². The van der Waals surface area contributed by atoms with Gasteiger partial charge in [-0.2, -0.15) is 5.10 Å². The zero-order valence-corrected chi connectivity index (χ0v) is 16.4. The van der Waals surface area contributed by atoms with E-state index in [1.165, 1.54) is 0 Å². The number of anilines is 1. The van der Waals surface area contributed by atoms with Gasteiger partial charge in [-0.3, -0.25) is 9.48 Å². The van der Waals surface area contributed by atoms with Gasteiger partial charge in [0, 0.05) is 21.0 Å². The number of hydrogen-bond donors (Lipinski definition) is 1. The maximum Gasteiger partial charge on any atom is 0.229 e. The Bertz CT molecular complexity index is 896. The van der Waals surface area contributed by atoms with E-state index in [2.05, 4.69) is 10.4 Å². The highest BCUT2D eigenvalue weighted by Crippen LogP contribution is 2.34. The fraction of sp³-hybridized carbons (Fsp3) is 0.158. The van der Waals surface area contributed by atoms with Crippen LogP contribution in [0.2, 0.25) is 10.0 Å². The molecule has 1 atom stereocenters. The Hall–Kier alpha value is -1.95. The van der Waals surface area contributed by atoms with Crippen LogP contribution in [-0.4, -0.2) is 15.7 Å². The molecule has 0 saturated heterocycles. The number of nitrogens with one attached hydrogen (secondary N) is 1. The van der Waals surface area contributed by atoms with Crippen LogP contribution in [0.15, 0.2) is 70.7 Å². The van der Waals surface area contributed by atoms with Crippen molar-refractivity contribution in [2.75, 3.05) is 5.32 Å². The van der Waals surface area contributed by atoms with Crippen molar-refractivity contribution < 1.29 is 4.79 Å². The number of hydrogen-bond acceptors (Lipinski definition) is 3. The van der Waals surface area contributed by atoms with Gasteiger partial charge < -0.3 is 5.32 Å². The van der Waals surface area contributed by atoms with Crippen molar-refractivity contribution in [2.45, 2.75) is 23.3 Å². The minimum atomic E-state index is -0.250. The Morgan fingerprint density at radius 1 is 1.15 bits per heavy atom. The van der Waals surface area contributed by atoms with Crippen LogP contribution < -0.4 is 5.32 Å². The Balaban J connectivity index is 1.69. The van der Waals surface area contributed by atoms with E-state index >= 15 is 0 Å². The van der Waals surface area contributed by atoms with E-state index in [0.29, 0.717) is 16.6 Å². The summed E-state index contributed by atoms with van der Waals surface area (Å²) in [5.41, 5.74) is 0.780. The molecule has 1 N–H and O–H groups in total. The highest BCUT2D eigenvalue weighted by molar-refractivity contribution is 7.99. The number of carbonyl (C=O) groups is 1. The number of carbonyl (C=O) groups excluding carboxylic acids is 1. The van der Waals surface area contributed by atoms with Crippen molar-refractivity contribution in [1.29, 1.82) is 0 Å². The molecular formula is C19H17Cl2N3OS. The molecule has 1 amide bonds. The van der Waals surface area contributed by atoms with Gasteiger partial charge in [0.05, 0.1) is 29.4 Å². The second kappa shape index (κ2) is 8.62. The highest BCUT2D eigenvalue weighted by Gasteiger charge is 2.16. The lowest BCUT2D eigenvalue weighted by atomic mass is 10.1. The Labute approximate surface area is 166 Å². The molecule has 0 aliphatic heterocycles. The summed E-state index contributed by atoms with van der Waals surface area (Å²) in [4.78, 5) is 14.6. The van der Waals surface area contributed by atoms with Crippen LogP contribution in [0.4, 0.5) is 5.69 Å². The summed E-state index contributed by atoms with van der Waals surface area (Å²) in [5.74, 6) is -0.319. The number of benzene rings is 2. The molecule has 4 nitrogen and oxygen atoms in total. The van der Waals surface area contributed by atoms with Gasteiger partial charge in [-0.05, 0) is 36.4 Å². The van der Waals surface area contributed by atoms with E-state index in [1.54, 1.807) is 28.8 Å². The van der Waals surface area contributed by atoms with Crippen molar-refractivity contribution in [2.24, 2.45) is 5.92 Å². The van der Waals surface area contributed by atoms with E-state index in [9.17, 15) is 4.79 Å². The summed E-state index contributed by atoms with van der Waals surface area (Å²) in [6, 6.07) is 15.3. The van der Waals surface area contributed by atoms with Crippen molar-refractivity contribution in [3.8, 4) is 0 Å². The molecule has 26 heavy (non-hydrogen) atoms. The number of halogens is 2. The molecule has 2 aromatic carbocycles. The molecule has 0 fully saturated rings. The van der Waals surface area contributed by atoms with Crippen LogP contribution in [0.1, 0.15) is 6.92 Å². The summed E-state index contributed by atoms with van der Waals surface area (Å²) >= 11 is 13.4. The molecule has 1 unspecified atom stereocenters. The van der Waals surface area contributed by atoms with Gasteiger partial charge in [0.1, 0.15) is 0 Å². The standard InChI is InChI=1S/C19H17Cl2N3OS/c1-13(11-24-12-15(21)10-22-24)19(25)23-17-4-2-3-5-18(17)26-16-8-6-14(20)7-9-16/h2-10,12-13H,11H2,1H3,(H,23,25). The molecule has 134 valence electrons. The summed E-state index contributed by atoms with van der Waals surface area (Å²) in [7, 11) is 0. The first-order valence-electron chi connectivity index (χ1n) is 8.02. The normalized spacial score (nSPS) is 12.0. The van der Waals surface area contributed by atoms with E-state index in [0.717, 1.165) is 15.5 Å². The Kier molecular flexibility index (Phi) is 6.25. The van der Waals surface area contributed by atoms with Crippen LogP contribution in [0, 0.1) is 5.92 Å². The zero-order chi connectivity index (χ0) is 18.5. The van der Waals surface area contributed by atoms with Crippen LogP contribution in [0.25, 0.3) is 0 Å². The van der Waals surface area contributed by atoms with Gasteiger partial charge >= 0.3 is 0 Å². The average molecular weight is 406 g/mol. The third-order valence-electron chi connectivity index (χ3n) is 3.70. The molecule has 3 rings (SSSR count). The van der Waals surface area contributed by atoms with Gasteiger partial charge in [0.2, 0.25) is 5.91 Å². The fourth-order valence-electron chi connectivity index (χ4n) is 2.35. The Morgan fingerprint density at radius 3 is 2.58 bits per heavy atom. The number of rotatable bonds is 6. The van der Waals surface area contributed by atoms with Crippen LogP contribution in [-0.2, 0) is 11.3 Å². The predicted octanol–water partition coefficient (Wildman–Crippen LogP) is 5.62. The summed E-state index contributed by atoms with van der Waals surface area (Å²) in [6.45, 7) is 2.32. The fourth-order valence-corrected chi connectivity index (χ4v) is 3.53. The minimum Gasteiger partial charge on any atom is -0.325 e. The number of para-hydroxylation sites is 1. The molecule has 0 saturated carbocycles. The second-order valence-electron chi connectivity index (χ2n) is 5.82. The third kappa shape index (κ3) is 5.04. The first-order chi connectivity index (χ1) is 12.5. The third-order valence-corrected chi connectivity index (χ3v) is 5.23. The summed E-state index contributed by atoms with van der Waals surface area (Å²) < 4.78 is 1.67. The average Bonchev–Trinajstić information content (AvgIpc) is 3.03. The van der Waals surface area contributed by atoms with E-state index in [-0.39, 0.29) is 11.8 Å². The molecule has 3 aromatic rings. The largest absolute Gasteiger partial charge is 0.325 e. The zero-order valence-electron chi connectivity index (χ0n) is 14.0. The quantitative estimate of drug-likeness (QED) is 0.578. The first-order valence-corrected chi connectivity index (χ1v) is 9.60. The lowest BCUT2D eigenvalue weighted by Gasteiger charge is -2.15. The molecule has 0 aliphatic carbocycles. The molecule has 0 bridgehead atoms. The summed E-state index contributed by atoms with van der Waals surface area (Å²) in [6.07, 6.45) is 3.26. The van der Waals surface area contributed by atoms with Crippen molar-refractivity contribution >= 4 is 46.6 Å². The van der Waals surface area contributed by atoms with Crippen molar-refractivity contribution in [3.63, 3.8) is 0 Å².